The summed E-state index contributed by atoms with van der Waals surface area (Å²) in [7, 11) is -2.61. The van der Waals surface area contributed by atoms with Crippen LogP contribution in [0.4, 0.5) is 5.69 Å². The minimum Gasteiger partial charge on any atom is -0.465 e. The molecule has 0 aliphatic carbocycles. The number of nitrogens with zero attached hydrogens (tertiary/aromatic N) is 1. The topological polar surface area (TPSA) is 63.7 Å². The summed E-state index contributed by atoms with van der Waals surface area (Å²) in [6.07, 6.45) is 1.45. The van der Waals surface area contributed by atoms with E-state index in [2.05, 4.69) is 11.3 Å². The zero-order valence-corrected chi connectivity index (χ0v) is 14.5. The lowest BCUT2D eigenvalue weighted by Gasteiger charge is -2.24. The van der Waals surface area contributed by atoms with Gasteiger partial charge in [-0.1, -0.05) is 35.9 Å². The van der Waals surface area contributed by atoms with Gasteiger partial charge < -0.3 is 4.74 Å². The van der Waals surface area contributed by atoms with Crippen molar-refractivity contribution < 1.29 is 17.9 Å². The normalized spacial score (nSPS) is 10.9. The van der Waals surface area contributed by atoms with Gasteiger partial charge in [0.1, 0.15) is 0 Å². The maximum atomic E-state index is 12.9. The van der Waals surface area contributed by atoms with Gasteiger partial charge in [0.05, 0.1) is 34.8 Å². The molecule has 0 atom stereocenters. The van der Waals surface area contributed by atoms with Crippen molar-refractivity contribution in [1.82, 2.24) is 0 Å². The molecule has 0 saturated heterocycles. The van der Waals surface area contributed by atoms with Crippen molar-refractivity contribution in [2.45, 2.75) is 4.90 Å². The van der Waals surface area contributed by atoms with E-state index in [-0.39, 0.29) is 27.7 Å². The Labute approximate surface area is 146 Å². The Morgan fingerprint density at radius 1 is 1.25 bits per heavy atom. The second-order valence-corrected chi connectivity index (χ2v) is 7.07. The molecule has 0 bridgehead atoms. The lowest BCUT2D eigenvalue weighted by atomic mass is 10.2. The van der Waals surface area contributed by atoms with Crippen molar-refractivity contribution in [2.75, 3.05) is 18.0 Å². The van der Waals surface area contributed by atoms with Crippen LogP contribution in [0.5, 0.6) is 0 Å². The molecular weight excluding hydrogens is 350 g/mol. The van der Waals surface area contributed by atoms with Crippen molar-refractivity contribution in [3.8, 4) is 0 Å². The van der Waals surface area contributed by atoms with Gasteiger partial charge in [-0.2, -0.15) is 0 Å². The van der Waals surface area contributed by atoms with Crippen LogP contribution in [0.15, 0.2) is 66.1 Å². The number of halogens is 1. The highest BCUT2D eigenvalue weighted by Crippen LogP contribution is 2.31. The van der Waals surface area contributed by atoms with Crippen molar-refractivity contribution in [1.29, 1.82) is 0 Å². The quantitative estimate of drug-likeness (QED) is 0.580. The van der Waals surface area contributed by atoms with Crippen molar-refractivity contribution in [3.63, 3.8) is 0 Å². The molecule has 0 aromatic heterocycles. The number of hydrogen-bond acceptors (Lipinski definition) is 4. The van der Waals surface area contributed by atoms with Crippen LogP contribution >= 0.6 is 11.6 Å². The lowest BCUT2D eigenvalue weighted by molar-refractivity contribution is 0.0601. The van der Waals surface area contributed by atoms with Crippen molar-refractivity contribution in [3.05, 3.63) is 71.8 Å². The fourth-order valence-corrected chi connectivity index (χ4v) is 3.85. The van der Waals surface area contributed by atoms with Crippen molar-refractivity contribution in [2.24, 2.45) is 0 Å². The number of anilines is 1. The van der Waals surface area contributed by atoms with E-state index in [1.165, 1.54) is 43.5 Å². The molecule has 2 aromatic carbocycles. The van der Waals surface area contributed by atoms with Crippen LogP contribution in [0.1, 0.15) is 10.4 Å². The predicted octanol–water partition coefficient (Wildman–Crippen LogP) is 3.51. The molecule has 0 aliphatic heterocycles. The highest BCUT2D eigenvalue weighted by atomic mass is 35.5. The monoisotopic (exact) mass is 365 g/mol. The van der Waals surface area contributed by atoms with E-state index >= 15 is 0 Å². The first-order valence-corrected chi connectivity index (χ1v) is 8.80. The van der Waals surface area contributed by atoms with Crippen LogP contribution < -0.4 is 4.31 Å². The Kier molecular flexibility index (Phi) is 5.64. The van der Waals surface area contributed by atoms with Crippen LogP contribution in [-0.4, -0.2) is 28.0 Å². The van der Waals surface area contributed by atoms with Crippen LogP contribution in [0, 0.1) is 0 Å². The number of rotatable bonds is 6. The zero-order valence-electron chi connectivity index (χ0n) is 13.0. The molecule has 0 unspecified atom stereocenters. The Bertz CT molecular complexity index is 850. The predicted molar refractivity (Wildman–Crippen MR) is 94.0 cm³/mol. The number of benzene rings is 2. The second kappa shape index (κ2) is 7.51. The minimum absolute atomic E-state index is 0.00156. The third-order valence-electron chi connectivity index (χ3n) is 3.26. The molecule has 0 heterocycles. The number of methoxy groups -OCH3 is 1. The summed E-state index contributed by atoms with van der Waals surface area (Å²) in [4.78, 5) is 11.8. The highest BCUT2D eigenvalue weighted by molar-refractivity contribution is 7.92. The molecular formula is C17H16ClNO4S. The Morgan fingerprint density at radius 2 is 1.92 bits per heavy atom. The highest BCUT2D eigenvalue weighted by Gasteiger charge is 2.26. The van der Waals surface area contributed by atoms with E-state index in [1.807, 2.05) is 0 Å². The largest absolute Gasteiger partial charge is 0.465 e. The third kappa shape index (κ3) is 3.60. The number of ether oxygens (including phenoxy) is 1. The number of carbonyl (C=O) groups is 1. The second-order valence-electron chi connectivity index (χ2n) is 4.80. The molecule has 0 aliphatic rings. The van der Waals surface area contributed by atoms with Crippen LogP contribution in [0.25, 0.3) is 0 Å². The van der Waals surface area contributed by atoms with E-state index in [0.717, 1.165) is 4.31 Å². The summed E-state index contributed by atoms with van der Waals surface area (Å²) in [5.41, 5.74) is 0.387. The molecule has 0 spiro atoms. The number of carbonyl (C=O) groups excluding carboxylic acids is 1. The van der Waals surface area contributed by atoms with Gasteiger partial charge in [0.2, 0.25) is 0 Å². The summed E-state index contributed by atoms with van der Waals surface area (Å²) >= 11 is 6.18. The molecule has 0 fully saturated rings. The van der Waals surface area contributed by atoms with E-state index < -0.39 is 16.0 Å². The fourth-order valence-electron chi connectivity index (χ4n) is 2.11. The fraction of sp³-hybridized carbons (Fsp3) is 0.118. The number of esters is 1. The van der Waals surface area contributed by atoms with Gasteiger partial charge in [-0.25, -0.2) is 13.2 Å². The first kappa shape index (κ1) is 18.0. The van der Waals surface area contributed by atoms with Gasteiger partial charge in [0.25, 0.3) is 10.0 Å². The molecule has 0 amide bonds. The van der Waals surface area contributed by atoms with E-state index in [0.29, 0.717) is 0 Å². The maximum absolute atomic E-state index is 12.9. The first-order chi connectivity index (χ1) is 11.4. The van der Waals surface area contributed by atoms with Crippen LogP contribution in [-0.2, 0) is 14.8 Å². The van der Waals surface area contributed by atoms with Gasteiger partial charge >= 0.3 is 5.97 Å². The molecule has 126 valence electrons. The molecule has 0 N–H and O–H groups in total. The number of sulfonamides is 1. The van der Waals surface area contributed by atoms with E-state index in [1.54, 1.807) is 18.2 Å². The minimum atomic E-state index is -3.86. The standard InChI is InChI=1S/C17H16ClNO4S/c1-3-11-19(24(21,22)14-7-5-4-6-8-14)16-12-13(17(20)23-2)9-10-15(16)18/h3-10,12H,1,11H2,2H3. The smallest absolute Gasteiger partial charge is 0.337 e. The Hall–Kier alpha value is -2.31. The molecule has 7 heteroatoms. The van der Waals surface area contributed by atoms with E-state index in [9.17, 15) is 13.2 Å². The van der Waals surface area contributed by atoms with Gasteiger partial charge in [-0.3, -0.25) is 4.31 Å². The average Bonchev–Trinajstić information content (AvgIpc) is 2.60. The average molecular weight is 366 g/mol. The first-order valence-electron chi connectivity index (χ1n) is 6.98. The van der Waals surface area contributed by atoms with Gasteiger partial charge in [0, 0.05) is 0 Å². The SMILES string of the molecule is C=CCN(c1cc(C(=O)OC)ccc1Cl)S(=O)(=O)c1ccccc1. The lowest BCUT2D eigenvalue weighted by Crippen LogP contribution is -2.31. The summed E-state index contributed by atoms with van der Waals surface area (Å²) < 4.78 is 31.6. The third-order valence-corrected chi connectivity index (χ3v) is 5.38. The van der Waals surface area contributed by atoms with Gasteiger partial charge in [-0.15, -0.1) is 6.58 Å². The molecule has 2 rings (SSSR count). The summed E-state index contributed by atoms with van der Waals surface area (Å²) in [5.74, 6) is -0.580. The molecule has 5 nitrogen and oxygen atoms in total. The molecule has 0 radical (unpaired) electrons. The zero-order chi connectivity index (χ0) is 17.7. The van der Waals surface area contributed by atoms with Crippen LogP contribution in [0.3, 0.4) is 0 Å². The van der Waals surface area contributed by atoms with Crippen molar-refractivity contribution >= 4 is 33.3 Å². The molecule has 2 aromatic rings. The molecule has 24 heavy (non-hydrogen) atoms. The summed E-state index contributed by atoms with van der Waals surface area (Å²) in [5, 5.41) is 0.198. The Morgan fingerprint density at radius 3 is 2.50 bits per heavy atom. The summed E-state index contributed by atoms with van der Waals surface area (Å²) in [6, 6.07) is 12.3. The van der Waals surface area contributed by atoms with Gasteiger partial charge in [-0.05, 0) is 30.3 Å². The molecule has 0 saturated carbocycles. The number of hydrogen-bond donors (Lipinski definition) is 0. The van der Waals surface area contributed by atoms with E-state index in [4.69, 9.17) is 11.6 Å². The summed E-state index contributed by atoms with van der Waals surface area (Å²) in [6.45, 7) is 3.60. The maximum Gasteiger partial charge on any atom is 0.337 e. The Balaban J connectivity index is 2.60. The van der Waals surface area contributed by atoms with Crippen LogP contribution in [0.2, 0.25) is 5.02 Å². The van der Waals surface area contributed by atoms with Gasteiger partial charge in [0.15, 0.2) is 0 Å².